The third kappa shape index (κ3) is 6.05. The minimum absolute atomic E-state index is 0.0125. The predicted octanol–water partition coefficient (Wildman–Crippen LogP) is 1.91. The predicted molar refractivity (Wildman–Crippen MR) is 105 cm³/mol. The lowest BCUT2D eigenvalue weighted by Gasteiger charge is -2.34. The van der Waals surface area contributed by atoms with Crippen LogP contribution >= 0.6 is 0 Å². The molecule has 2 heterocycles. The van der Waals surface area contributed by atoms with E-state index in [-0.39, 0.29) is 24.2 Å². The Kier molecular flexibility index (Phi) is 6.87. The molecular weight excluding hydrogens is 377 g/mol. The number of rotatable bonds is 7. The zero-order valence-corrected chi connectivity index (χ0v) is 16.8. The summed E-state index contributed by atoms with van der Waals surface area (Å²) in [6, 6.07) is 9.32. The highest BCUT2D eigenvalue weighted by Gasteiger charge is 2.24. The maximum absolute atomic E-state index is 12.9. The largest absolute Gasteiger partial charge is 0.484 e. The van der Waals surface area contributed by atoms with Gasteiger partial charge >= 0.3 is 0 Å². The minimum Gasteiger partial charge on any atom is -0.484 e. The SMILES string of the molecule is Cc1ccc(CN(C)C(=O)CN2CCN(C(=O)COc3ccc(F)cc3)CC2)o1. The van der Waals surface area contributed by atoms with Gasteiger partial charge in [-0.1, -0.05) is 0 Å². The monoisotopic (exact) mass is 403 g/mol. The summed E-state index contributed by atoms with van der Waals surface area (Å²) in [6.07, 6.45) is 0. The molecule has 2 amide bonds. The average molecular weight is 403 g/mol. The number of likely N-dealkylation sites (N-methyl/N-ethyl adjacent to an activating group) is 1. The molecule has 3 rings (SSSR count). The van der Waals surface area contributed by atoms with Gasteiger partial charge in [-0.3, -0.25) is 14.5 Å². The first kappa shape index (κ1) is 20.9. The second-order valence-electron chi connectivity index (χ2n) is 7.16. The van der Waals surface area contributed by atoms with Crippen molar-refractivity contribution in [3.8, 4) is 5.75 Å². The number of hydrogen-bond donors (Lipinski definition) is 0. The molecule has 1 aromatic heterocycles. The Morgan fingerprint density at radius 1 is 1.10 bits per heavy atom. The first-order chi connectivity index (χ1) is 13.9. The van der Waals surface area contributed by atoms with E-state index in [0.29, 0.717) is 45.0 Å². The first-order valence-electron chi connectivity index (χ1n) is 9.58. The first-order valence-corrected chi connectivity index (χ1v) is 9.58. The van der Waals surface area contributed by atoms with Gasteiger partial charge in [0.2, 0.25) is 5.91 Å². The van der Waals surface area contributed by atoms with Crippen molar-refractivity contribution in [2.24, 2.45) is 0 Å². The summed E-state index contributed by atoms with van der Waals surface area (Å²) in [7, 11) is 1.76. The number of furan rings is 1. The van der Waals surface area contributed by atoms with E-state index < -0.39 is 0 Å². The highest BCUT2D eigenvalue weighted by molar-refractivity contribution is 5.79. The molecule has 1 aromatic carbocycles. The van der Waals surface area contributed by atoms with E-state index in [1.54, 1.807) is 16.8 Å². The molecule has 2 aromatic rings. The van der Waals surface area contributed by atoms with Gasteiger partial charge in [-0.15, -0.1) is 0 Å². The van der Waals surface area contributed by atoms with Crippen LogP contribution in [0.1, 0.15) is 11.5 Å². The number of aryl methyl sites for hydroxylation is 1. The van der Waals surface area contributed by atoms with Crippen molar-refractivity contribution in [2.45, 2.75) is 13.5 Å². The zero-order chi connectivity index (χ0) is 20.8. The Balaban J connectivity index is 1.38. The number of benzene rings is 1. The van der Waals surface area contributed by atoms with Gasteiger partial charge in [-0.05, 0) is 43.3 Å². The van der Waals surface area contributed by atoms with Crippen LogP contribution in [0.4, 0.5) is 4.39 Å². The van der Waals surface area contributed by atoms with Crippen molar-refractivity contribution in [1.29, 1.82) is 0 Å². The molecule has 0 radical (unpaired) electrons. The summed E-state index contributed by atoms with van der Waals surface area (Å²) in [4.78, 5) is 30.1. The van der Waals surface area contributed by atoms with Crippen LogP contribution in [0.5, 0.6) is 5.75 Å². The topological polar surface area (TPSA) is 66.2 Å². The third-order valence-electron chi connectivity index (χ3n) is 4.87. The van der Waals surface area contributed by atoms with E-state index in [1.807, 2.05) is 24.0 Å². The lowest BCUT2D eigenvalue weighted by atomic mass is 10.3. The van der Waals surface area contributed by atoms with Crippen LogP contribution in [-0.4, -0.2) is 72.9 Å². The fourth-order valence-corrected chi connectivity index (χ4v) is 3.13. The number of nitrogens with zero attached hydrogens (tertiary/aromatic N) is 3. The summed E-state index contributed by atoms with van der Waals surface area (Å²) >= 11 is 0. The molecule has 29 heavy (non-hydrogen) atoms. The van der Waals surface area contributed by atoms with Crippen molar-refractivity contribution in [3.05, 3.63) is 53.7 Å². The number of amides is 2. The van der Waals surface area contributed by atoms with Crippen molar-refractivity contribution < 1.29 is 23.1 Å². The minimum atomic E-state index is -0.348. The van der Waals surface area contributed by atoms with Gasteiger partial charge in [0.1, 0.15) is 23.1 Å². The number of carbonyl (C=O) groups is 2. The molecule has 1 aliphatic rings. The Labute approximate surface area is 169 Å². The van der Waals surface area contributed by atoms with E-state index >= 15 is 0 Å². The Morgan fingerprint density at radius 3 is 2.41 bits per heavy atom. The van der Waals surface area contributed by atoms with Crippen LogP contribution in [0, 0.1) is 12.7 Å². The molecular formula is C21H26FN3O4. The summed E-state index contributed by atoms with van der Waals surface area (Å²) in [5.74, 6) is 1.59. The molecule has 0 unspecified atom stereocenters. The smallest absolute Gasteiger partial charge is 0.260 e. The molecule has 0 bridgehead atoms. The van der Waals surface area contributed by atoms with E-state index in [1.165, 1.54) is 24.3 Å². The Hall–Kier alpha value is -2.87. The summed E-state index contributed by atoms with van der Waals surface area (Å²) in [5.41, 5.74) is 0. The van der Waals surface area contributed by atoms with Gasteiger partial charge in [0.05, 0.1) is 13.1 Å². The van der Waals surface area contributed by atoms with Gasteiger partial charge in [0, 0.05) is 33.2 Å². The van der Waals surface area contributed by atoms with Crippen LogP contribution in [0.15, 0.2) is 40.8 Å². The highest BCUT2D eigenvalue weighted by atomic mass is 19.1. The second kappa shape index (κ2) is 9.56. The molecule has 0 spiro atoms. The molecule has 0 saturated carbocycles. The van der Waals surface area contributed by atoms with Gasteiger partial charge in [-0.2, -0.15) is 0 Å². The van der Waals surface area contributed by atoms with Crippen LogP contribution in [0.2, 0.25) is 0 Å². The average Bonchev–Trinajstić information content (AvgIpc) is 3.12. The lowest BCUT2D eigenvalue weighted by molar-refractivity contribution is -0.136. The van der Waals surface area contributed by atoms with Crippen LogP contribution in [-0.2, 0) is 16.1 Å². The molecule has 0 N–H and O–H groups in total. The molecule has 1 fully saturated rings. The normalized spacial score (nSPS) is 14.7. The molecule has 1 saturated heterocycles. The number of hydrogen-bond acceptors (Lipinski definition) is 5. The molecule has 0 aliphatic carbocycles. The van der Waals surface area contributed by atoms with Crippen molar-refractivity contribution >= 4 is 11.8 Å². The van der Waals surface area contributed by atoms with E-state index in [0.717, 1.165) is 11.5 Å². The van der Waals surface area contributed by atoms with Crippen LogP contribution < -0.4 is 4.74 Å². The summed E-state index contributed by atoms with van der Waals surface area (Å²) in [5, 5.41) is 0. The quantitative estimate of drug-likeness (QED) is 0.707. The van der Waals surface area contributed by atoms with Gasteiger partial charge < -0.3 is 19.0 Å². The number of halogens is 1. The maximum atomic E-state index is 12.9. The maximum Gasteiger partial charge on any atom is 0.260 e. The van der Waals surface area contributed by atoms with Crippen LogP contribution in [0.25, 0.3) is 0 Å². The van der Waals surface area contributed by atoms with Gasteiger partial charge in [0.15, 0.2) is 6.61 Å². The Bertz CT molecular complexity index is 829. The highest BCUT2D eigenvalue weighted by Crippen LogP contribution is 2.12. The van der Waals surface area contributed by atoms with Gasteiger partial charge in [0.25, 0.3) is 5.91 Å². The van der Waals surface area contributed by atoms with Crippen molar-refractivity contribution in [1.82, 2.24) is 14.7 Å². The van der Waals surface area contributed by atoms with Crippen molar-refractivity contribution in [2.75, 3.05) is 46.4 Å². The summed E-state index contributed by atoms with van der Waals surface area (Å²) in [6.45, 7) is 4.87. The van der Waals surface area contributed by atoms with E-state index in [9.17, 15) is 14.0 Å². The number of carbonyl (C=O) groups excluding carboxylic acids is 2. The number of piperazine rings is 1. The fraction of sp³-hybridized carbons (Fsp3) is 0.429. The lowest BCUT2D eigenvalue weighted by Crippen LogP contribution is -2.52. The zero-order valence-electron chi connectivity index (χ0n) is 16.8. The fourth-order valence-electron chi connectivity index (χ4n) is 3.13. The standard InChI is InChI=1S/C21H26FN3O4/c1-16-3-6-19(29-16)13-23(2)20(26)14-24-9-11-25(12-10-24)21(27)15-28-18-7-4-17(22)5-8-18/h3-8H,9-15H2,1-2H3. The number of ether oxygens (including phenoxy) is 1. The van der Waals surface area contributed by atoms with Crippen molar-refractivity contribution in [3.63, 3.8) is 0 Å². The molecule has 7 nitrogen and oxygen atoms in total. The molecule has 8 heteroatoms. The van der Waals surface area contributed by atoms with Crippen LogP contribution in [0.3, 0.4) is 0 Å². The molecule has 0 atom stereocenters. The molecule has 1 aliphatic heterocycles. The third-order valence-corrected chi connectivity index (χ3v) is 4.87. The Morgan fingerprint density at radius 2 is 1.79 bits per heavy atom. The van der Waals surface area contributed by atoms with Gasteiger partial charge in [-0.25, -0.2) is 4.39 Å². The molecule has 156 valence electrons. The van der Waals surface area contributed by atoms with E-state index in [2.05, 4.69) is 0 Å². The summed E-state index contributed by atoms with van der Waals surface area (Å²) < 4.78 is 23.8. The van der Waals surface area contributed by atoms with E-state index in [4.69, 9.17) is 9.15 Å². The second-order valence-corrected chi connectivity index (χ2v) is 7.16.